The van der Waals surface area contributed by atoms with E-state index in [1.165, 1.54) is 34.2 Å². The maximum atomic E-state index is 12.2. The number of ether oxygens (including phenoxy) is 1. The molecule has 1 N–H and O–H groups in total. The lowest BCUT2D eigenvalue weighted by atomic mass is 10.1. The lowest BCUT2D eigenvalue weighted by Gasteiger charge is -2.05. The summed E-state index contributed by atoms with van der Waals surface area (Å²) in [5.74, 6) is 1.94. The Balaban J connectivity index is 1.42. The second-order valence-corrected chi connectivity index (χ2v) is 9.68. The van der Waals surface area contributed by atoms with Crippen LogP contribution in [0.2, 0.25) is 0 Å². The van der Waals surface area contributed by atoms with Gasteiger partial charge in [0.15, 0.2) is 8.68 Å². The van der Waals surface area contributed by atoms with Crippen molar-refractivity contribution in [1.29, 1.82) is 0 Å². The molecule has 3 aromatic rings. The van der Waals surface area contributed by atoms with Crippen LogP contribution in [0.5, 0.6) is 5.75 Å². The zero-order valence-electron chi connectivity index (χ0n) is 16.4. The van der Waals surface area contributed by atoms with Crippen molar-refractivity contribution >= 4 is 46.5 Å². The number of amides is 1. The number of thioether (sulfide) groups is 2. The Kier molecular flexibility index (Phi) is 8.39. The van der Waals surface area contributed by atoms with E-state index < -0.39 is 0 Å². The van der Waals surface area contributed by atoms with Crippen LogP contribution in [0.4, 0.5) is 5.69 Å². The van der Waals surface area contributed by atoms with Gasteiger partial charge in [-0.05, 0) is 41.8 Å². The highest BCUT2D eigenvalue weighted by atomic mass is 32.2. The molecule has 0 spiro atoms. The number of rotatable bonds is 10. The maximum Gasteiger partial charge on any atom is 0.234 e. The Bertz CT molecular complexity index is 912. The first-order valence-electron chi connectivity index (χ1n) is 9.27. The molecule has 1 amide bonds. The number of nitrogens with one attached hydrogen (secondary N) is 1. The SMILES string of the molecule is CCCc1ccc(NC(=O)CSc2nnc(SCc3ccc(OC)cc3)s2)cc1. The number of hydrogen-bond donors (Lipinski definition) is 1. The summed E-state index contributed by atoms with van der Waals surface area (Å²) in [6.07, 6.45) is 2.17. The molecule has 0 aliphatic rings. The van der Waals surface area contributed by atoms with Crippen LogP contribution in [-0.2, 0) is 17.0 Å². The summed E-state index contributed by atoms with van der Waals surface area (Å²) >= 11 is 4.56. The van der Waals surface area contributed by atoms with Gasteiger partial charge in [-0.2, -0.15) is 0 Å². The largest absolute Gasteiger partial charge is 0.497 e. The Hall–Kier alpha value is -2.03. The van der Waals surface area contributed by atoms with Gasteiger partial charge in [0.1, 0.15) is 5.75 Å². The van der Waals surface area contributed by atoms with Crippen molar-refractivity contribution in [2.45, 2.75) is 34.2 Å². The summed E-state index contributed by atoms with van der Waals surface area (Å²) in [4.78, 5) is 12.2. The molecule has 29 heavy (non-hydrogen) atoms. The Morgan fingerprint density at radius 1 is 1.00 bits per heavy atom. The van der Waals surface area contributed by atoms with Crippen molar-refractivity contribution in [3.8, 4) is 5.75 Å². The van der Waals surface area contributed by atoms with E-state index in [0.717, 1.165) is 38.7 Å². The molecular formula is C21H23N3O2S3. The van der Waals surface area contributed by atoms with Crippen LogP contribution in [0, 0.1) is 0 Å². The monoisotopic (exact) mass is 445 g/mol. The van der Waals surface area contributed by atoms with Crippen LogP contribution in [0.15, 0.2) is 57.2 Å². The zero-order chi connectivity index (χ0) is 20.5. The Morgan fingerprint density at radius 2 is 1.66 bits per heavy atom. The summed E-state index contributed by atoms with van der Waals surface area (Å²) < 4.78 is 6.87. The van der Waals surface area contributed by atoms with Crippen LogP contribution in [0.25, 0.3) is 0 Å². The van der Waals surface area contributed by atoms with E-state index in [1.807, 2.05) is 36.4 Å². The third-order valence-electron chi connectivity index (χ3n) is 4.01. The van der Waals surface area contributed by atoms with Crippen molar-refractivity contribution in [2.24, 2.45) is 0 Å². The summed E-state index contributed by atoms with van der Waals surface area (Å²) in [7, 11) is 1.66. The van der Waals surface area contributed by atoms with Crippen molar-refractivity contribution < 1.29 is 9.53 Å². The number of carbonyl (C=O) groups is 1. The third-order valence-corrected chi connectivity index (χ3v) is 7.27. The normalized spacial score (nSPS) is 10.7. The highest BCUT2D eigenvalue weighted by Gasteiger charge is 2.09. The summed E-state index contributed by atoms with van der Waals surface area (Å²) in [6, 6.07) is 16.0. The molecule has 0 aliphatic heterocycles. The summed E-state index contributed by atoms with van der Waals surface area (Å²) in [5.41, 5.74) is 3.31. The Morgan fingerprint density at radius 3 is 2.31 bits per heavy atom. The Labute approximate surface area is 183 Å². The van der Waals surface area contributed by atoms with Gasteiger partial charge in [-0.25, -0.2) is 0 Å². The minimum atomic E-state index is -0.0409. The second-order valence-electron chi connectivity index (χ2n) is 6.25. The molecule has 1 heterocycles. The fourth-order valence-corrected chi connectivity index (χ4v) is 5.32. The number of aromatic nitrogens is 2. The van der Waals surface area contributed by atoms with E-state index >= 15 is 0 Å². The van der Waals surface area contributed by atoms with Crippen LogP contribution in [-0.4, -0.2) is 29.0 Å². The van der Waals surface area contributed by atoms with Crippen LogP contribution < -0.4 is 10.1 Å². The van der Waals surface area contributed by atoms with E-state index in [2.05, 4.69) is 34.6 Å². The molecule has 0 aliphatic carbocycles. The molecular weight excluding hydrogens is 422 g/mol. The summed E-state index contributed by atoms with van der Waals surface area (Å²) in [6.45, 7) is 2.16. The lowest BCUT2D eigenvalue weighted by Crippen LogP contribution is -2.13. The van der Waals surface area contributed by atoms with Gasteiger partial charge in [-0.15, -0.1) is 10.2 Å². The van der Waals surface area contributed by atoms with Crippen LogP contribution in [0.1, 0.15) is 24.5 Å². The number of anilines is 1. The predicted molar refractivity (Wildman–Crippen MR) is 122 cm³/mol. The molecule has 8 heteroatoms. The van der Waals surface area contributed by atoms with Gasteiger partial charge < -0.3 is 10.1 Å². The standard InChI is InChI=1S/C21H23N3O2S3/c1-3-4-15-5-9-17(10-6-15)22-19(25)14-28-21-24-23-20(29-21)27-13-16-7-11-18(26-2)12-8-16/h5-12H,3-4,13-14H2,1-2H3,(H,22,25). The van der Waals surface area contributed by atoms with Crippen molar-refractivity contribution in [3.05, 3.63) is 59.7 Å². The third kappa shape index (κ3) is 7.06. The van der Waals surface area contributed by atoms with E-state index in [4.69, 9.17) is 4.74 Å². The van der Waals surface area contributed by atoms with E-state index in [0.29, 0.717) is 5.75 Å². The zero-order valence-corrected chi connectivity index (χ0v) is 18.8. The minimum absolute atomic E-state index is 0.0409. The predicted octanol–water partition coefficient (Wildman–Crippen LogP) is 5.52. The molecule has 5 nitrogen and oxygen atoms in total. The average molecular weight is 446 g/mol. The number of aryl methyl sites for hydroxylation is 1. The van der Waals surface area contributed by atoms with Gasteiger partial charge in [0.05, 0.1) is 12.9 Å². The molecule has 0 unspecified atom stereocenters. The van der Waals surface area contributed by atoms with Gasteiger partial charge in [0, 0.05) is 11.4 Å². The molecule has 3 rings (SSSR count). The molecule has 0 saturated heterocycles. The van der Waals surface area contributed by atoms with Crippen molar-refractivity contribution in [3.63, 3.8) is 0 Å². The van der Waals surface area contributed by atoms with Crippen molar-refractivity contribution in [1.82, 2.24) is 10.2 Å². The molecule has 1 aromatic heterocycles. The van der Waals surface area contributed by atoms with E-state index in [-0.39, 0.29) is 5.91 Å². The average Bonchev–Trinajstić information content (AvgIpc) is 3.21. The fraction of sp³-hybridized carbons (Fsp3) is 0.286. The first-order chi connectivity index (χ1) is 14.2. The number of carbonyl (C=O) groups excluding carboxylic acids is 1. The minimum Gasteiger partial charge on any atom is -0.497 e. The van der Waals surface area contributed by atoms with Gasteiger partial charge in [0.25, 0.3) is 0 Å². The van der Waals surface area contributed by atoms with Crippen LogP contribution in [0.3, 0.4) is 0 Å². The first-order valence-corrected chi connectivity index (χ1v) is 12.1. The molecule has 0 fully saturated rings. The van der Waals surface area contributed by atoms with Gasteiger partial charge in [-0.3, -0.25) is 4.79 Å². The fourth-order valence-electron chi connectivity index (χ4n) is 2.55. The van der Waals surface area contributed by atoms with Gasteiger partial charge in [0.2, 0.25) is 5.91 Å². The number of methoxy groups -OCH3 is 1. The highest BCUT2D eigenvalue weighted by molar-refractivity contribution is 8.03. The molecule has 2 aromatic carbocycles. The quantitative estimate of drug-likeness (QED) is 0.414. The number of hydrogen-bond acceptors (Lipinski definition) is 7. The van der Waals surface area contributed by atoms with Crippen molar-refractivity contribution in [2.75, 3.05) is 18.2 Å². The first kappa shape index (κ1) is 21.7. The van der Waals surface area contributed by atoms with E-state index in [9.17, 15) is 4.79 Å². The maximum absolute atomic E-state index is 12.2. The topological polar surface area (TPSA) is 64.1 Å². The second kappa shape index (κ2) is 11.2. The van der Waals surface area contributed by atoms with Crippen LogP contribution >= 0.6 is 34.9 Å². The molecule has 0 bridgehead atoms. The smallest absolute Gasteiger partial charge is 0.234 e. The van der Waals surface area contributed by atoms with Gasteiger partial charge in [-0.1, -0.05) is 72.5 Å². The molecule has 0 radical (unpaired) electrons. The van der Waals surface area contributed by atoms with Gasteiger partial charge >= 0.3 is 0 Å². The molecule has 0 saturated carbocycles. The molecule has 152 valence electrons. The highest BCUT2D eigenvalue weighted by Crippen LogP contribution is 2.31. The number of nitrogens with zero attached hydrogens (tertiary/aromatic N) is 2. The number of benzene rings is 2. The summed E-state index contributed by atoms with van der Waals surface area (Å²) in [5, 5.41) is 11.3. The van der Waals surface area contributed by atoms with E-state index in [1.54, 1.807) is 18.9 Å². The lowest BCUT2D eigenvalue weighted by molar-refractivity contribution is -0.113. The molecule has 0 atom stereocenters.